The molecule has 0 spiro atoms. The third-order valence-corrected chi connectivity index (χ3v) is 3.53. The second-order valence-electron chi connectivity index (χ2n) is 6.84. The van der Waals surface area contributed by atoms with E-state index in [-0.39, 0.29) is 48.2 Å². The molecule has 1 amide bonds. The topological polar surface area (TPSA) is 72.8 Å². The van der Waals surface area contributed by atoms with Gasteiger partial charge in [-0.05, 0) is 48.0 Å². The Hall–Kier alpha value is -0.453. The molecule has 2 aliphatic rings. The fourth-order valence-corrected chi connectivity index (χ4v) is 2.36. The van der Waals surface area contributed by atoms with Crippen LogP contribution < -0.4 is 5.32 Å². The van der Waals surface area contributed by atoms with Crippen LogP contribution in [0.2, 0.25) is 0 Å². The summed E-state index contributed by atoms with van der Waals surface area (Å²) < 4.78 is 5.30. The summed E-state index contributed by atoms with van der Waals surface area (Å²) in [6.07, 6.45) is 5.54. The van der Waals surface area contributed by atoms with Gasteiger partial charge in [0.2, 0.25) is 0 Å². The van der Waals surface area contributed by atoms with Crippen LogP contribution >= 0.6 is 0 Å². The van der Waals surface area contributed by atoms with Crippen LogP contribution in [0.5, 0.6) is 0 Å². The van der Waals surface area contributed by atoms with E-state index in [9.17, 15) is 4.79 Å². The molecule has 10 heteroatoms. The smallest absolute Gasteiger partial charge is 0.410 e. The number of aliphatic imine (C=N–C) groups is 2. The maximum Gasteiger partial charge on any atom is 0.410 e. The minimum atomic E-state index is -0.425. The normalized spacial score (nSPS) is 17.7. The van der Waals surface area contributed by atoms with Crippen LogP contribution in [0.3, 0.4) is 0 Å². The van der Waals surface area contributed by atoms with E-state index < -0.39 is 5.60 Å². The molecule has 156 valence electrons. The van der Waals surface area contributed by atoms with Gasteiger partial charge in [-0.15, -0.1) is 0 Å². The van der Waals surface area contributed by atoms with Crippen molar-refractivity contribution in [2.75, 3.05) is 66.5 Å². The van der Waals surface area contributed by atoms with Crippen LogP contribution in [0.4, 0.5) is 4.79 Å². The average Bonchev–Trinajstić information content (AvgIpc) is 2.56. The van der Waals surface area contributed by atoms with E-state index in [1.165, 1.54) is 0 Å². The quantitative estimate of drug-likeness (QED) is 0.256. The standard InChI is InChI=1S/C11H20N3O2.C6H12N3.2W/c1-11(2,3)16-10(15)14-7-5-13(6-8-14)9-12-4;1-7-6-9-4-2-8-3-5-9;;/h5-8H2,1-4H3;8H,2-5H2,1H3;;/q2*-1;;. The van der Waals surface area contributed by atoms with Gasteiger partial charge in [0.15, 0.2) is 0 Å². The summed E-state index contributed by atoms with van der Waals surface area (Å²) in [5.41, 5.74) is -0.425. The van der Waals surface area contributed by atoms with Crippen molar-refractivity contribution in [3.8, 4) is 0 Å². The first-order valence-corrected chi connectivity index (χ1v) is 8.73. The molecule has 2 rings (SSSR count). The average molecular weight is 720 g/mol. The SMILES string of the molecule is CN=[C-]N1CCN(C(=O)OC(C)(C)C)CC1.CN=[C-]N1CCNCC1.[W].[W]. The molecule has 0 aliphatic carbocycles. The molecule has 0 bridgehead atoms. The molecule has 2 aliphatic heterocycles. The Morgan fingerprint density at radius 2 is 1.33 bits per heavy atom. The van der Waals surface area contributed by atoms with Crippen molar-refractivity contribution in [3.63, 3.8) is 0 Å². The van der Waals surface area contributed by atoms with Gasteiger partial charge in [0, 0.05) is 81.4 Å². The minimum absolute atomic E-state index is 0. The molecule has 2 saturated heterocycles. The van der Waals surface area contributed by atoms with E-state index >= 15 is 0 Å². The van der Waals surface area contributed by atoms with Gasteiger partial charge in [-0.1, -0.05) is 0 Å². The van der Waals surface area contributed by atoms with E-state index in [0.29, 0.717) is 13.1 Å². The largest absolute Gasteiger partial charge is 0.535 e. The van der Waals surface area contributed by atoms with Crippen molar-refractivity contribution < 1.29 is 51.7 Å². The third kappa shape index (κ3) is 13.4. The fourth-order valence-electron chi connectivity index (χ4n) is 2.36. The van der Waals surface area contributed by atoms with Gasteiger partial charge in [-0.25, -0.2) is 4.79 Å². The van der Waals surface area contributed by atoms with Crippen molar-refractivity contribution in [1.82, 2.24) is 20.0 Å². The molecule has 0 aromatic heterocycles. The number of hydrogen-bond acceptors (Lipinski definition) is 5. The van der Waals surface area contributed by atoms with E-state index in [1.807, 2.05) is 25.7 Å². The zero-order valence-corrected chi connectivity index (χ0v) is 22.9. The van der Waals surface area contributed by atoms with E-state index in [0.717, 1.165) is 39.3 Å². The molecule has 27 heavy (non-hydrogen) atoms. The molecule has 2 heterocycles. The minimum Gasteiger partial charge on any atom is -0.535 e. The number of ether oxygens (including phenoxy) is 1. The molecular formula is C17H32N6O2W2-2. The number of carbonyl (C=O) groups is 1. The van der Waals surface area contributed by atoms with Crippen molar-refractivity contribution in [1.29, 1.82) is 0 Å². The van der Waals surface area contributed by atoms with Crippen LogP contribution in [-0.2, 0) is 46.9 Å². The first kappa shape index (κ1) is 28.8. The van der Waals surface area contributed by atoms with Crippen molar-refractivity contribution in [2.24, 2.45) is 9.98 Å². The molecule has 2 fully saturated rings. The van der Waals surface area contributed by atoms with Gasteiger partial charge in [-0.2, -0.15) is 0 Å². The first-order chi connectivity index (χ1) is 11.9. The van der Waals surface area contributed by atoms with Crippen molar-refractivity contribution in [2.45, 2.75) is 26.4 Å². The van der Waals surface area contributed by atoms with Gasteiger partial charge in [-0.3, -0.25) is 12.7 Å². The van der Waals surface area contributed by atoms with E-state index in [4.69, 9.17) is 4.74 Å². The maximum absolute atomic E-state index is 11.7. The third-order valence-electron chi connectivity index (χ3n) is 3.53. The molecule has 8 nitrogen and oxygen atoms in total. The van der Waals surface area contributed by atoms with Gasteiger partial charge < -0.3 is 34.7 Å². The Morgan fingerprint density at radius 3 is 1.74 bits per heavy atom. The summed E-state index contributed by atoms with van der Waals surface area (Å²) in [4.78, 5) is 25.1. The van der Waals surface area contributed by atoms with E-state index in [2.05, 4.69) is 32.9 Å². The molecular weight excluding hydrogens is 688 g/mol. The molecule has 1 N–H and O–H groups in total. The summed E-state index contributed by atoms with van der Waals surface area (Å²) in [6.45, 7) is 12.7. The predicted molar refractivity (Wildman–Crippen MR) is 101 cm³/mol. The molecule has 0 radical (unpaired) electrons. The second-order valence-corrected chi connectivity index (χ2v) is 6.84. The summed E-state index contributed by atoms with van der Waals surface area (Å²) in [5, 5.41) is 3.25. The van der Waals surface area contributed by atoms with Gasteiger partial charge in [0.1, 0.15) is 5.60 Å². The van der Waals surface area contributed by atoms with Crippen LogP contribution in [0, 0.1) is 0 Å². The first-order valence-electron chi connectivity index (χ1n) is 8.73. The Labute approximate surface area is 192 Å². The molecule has 0 unspecified atom stereocenters. The Kier molecular flexibility index (Phi) is 16.5. The molecule has 0 atom stereocenters. The number of nitrogens with zero attached hydrogens (tertiary/aromatic N) is 5. The maximum atomic E-state index is 11.7. The van der Waals surface area contributed by atoms with Crippen LogP contribution in [-0.4, -0.2) is 106 Å². The second kappa shape index (κ2) is 15.5. The number of hydrogen-bond donors (Lipinski definition) is 1. The zero-order valence-electron chi connectivity index (χ0n) is 17.0. The van der Waals surface area contributed by atoms with Crippen LogP contribution in [0.1, 0.15) is 20.8 Å². The number of nitrogens with one attached hydrogen (secondary N) is 1. The van der Waals surface area contributed by atoms with Crippen molar-refractivity contribution in [3.05, 3.63) is 0 Å². The Morgan fingerprint density at radius 1 is 0.889 bits per heavy atom. The summed E-state index contributed by atoms with van der Waals surface area (Å²) in [6, 6.07) is 0. The summed E-state index contributed by atoms with van der Waals surface area (Å²) in [5.74, 6) is 0. The predicted octanol–water partition coefficient (Wildman–Crippen LogP) is 0.496. The number of amides is 1. The van der Waals surface area contributed by atoms with Crippen LogP contribution in [0.25, 0.3) is 0 Å². The van der Waals surface area contributed by atoms with Crippen LogP contribution in [0.15, 0.2) is 9.98 Å². The number of carbonyl (C=O) groups excluding carboxylic acids is 1. The van der Waals surface area contributed by atoms with Crippen molar-refractivity contribution >= 4 is 18.8 Å². The monoisotopic (exact) mass is 720 g/mol. The fraction of sp³-hybridized carbons (Fsp3) is 0.824. The Bertz CT molecular complexity index is 443. The number of piperazine rings is 2. The summed E-state index contributed by atoms with van der Waals surface area (Å²) >= 11 is 0. The van der Waals surface area contributed by atoms with Gasteiger partial charge in [0.25, 0.3) is 0 Å². The van der Waals surface area contributed by atoms with Gasteiger partial charge >= 0.3 is 6.09 Å². The number of rotatable bonds is 2. The van der Waals surface area contributed by atoms with E-state index in [1.54, 1.807) is 19.0 Å². The molecule has 0 saturated carbocycles. The molecule has 0 aromatic rings. The summed E-state index contributed by atoms with van der Waals surface area (Å²) in [7, 11) is 3.45. The zero-order chi connectivity index (χ0) is 18.7. The van der Waals surface area contributed by atoms with Gasteiger partial charge in [0.05, 0.1) is 0 Å². The Balaban J connectivity index is 0. The molecule has 0 aromatic carbocycles.